The molecule has 3 heteroatoms. The third-order valence-electron chi connectivity index (χ3n) is 3.71. The number of nitrogens with zero attached hydrogens (tertiary/aromatic N) is 1. The van der Waals surface area contributed by atoms with E-state index in [4.69, 9.17) is 4.99 Å². The van der Waals surface area contributed by atoms with Gasteiger partial charge in [0, 0.05) is 19.6 Å². The summed E-state index contributed by atoms with van der Waals surface area (Å²) in [5.74, 6) is 0.895. The molecule has 0 radical (unpaired) electrons. The van der Waals surface area contributed by atoms with Crippen molar-refractivity contribution in [2.24, 2.45) is 10.4 Å². The first kappa shape index (κ1) is 14.6. The van der Waals surface area contributed by atoms with E-state index < -0.39 is 0 Å². The predicted molar refractivity (Wildman–Crippen MR) is 86.0 cm³/mol. The van der Waals surface area contributed by atoms with Crippen molar-refractivity contribution < 1.29 is 0 Å². The second-order valence-corrected chi connectivity index (χ2v) is 5.53. The fraction of sp³-hybridized carbons (Fsp3) is 0.471. The third kappa shape index (κ3) is 4.41. The number of guanidine groups is 1. The molecule has 1 saturated carbocycles. The molecule has 0 aliphatic heterocycles. The maximum atomic E-state index is 4.73. The number of nitrogens with one attached hydrogen (secondary N) is 2. The lowest BCUT2D eigenvalue weighted by Gasteiger charge is -2.15. The Labute approximate surface area is 122 Å². The molecule has 1 aromatic carbocycles. The summed E-state index contributed by atoms with van der Waals surface area (Å²) in [6, 6.07) is 10.7. The summed E-state index contributed by atoms with van der Waals surface area (Å²) < 4.78 is 0. The average molecular weight is 271 g/mol. The van der Waals surface area contributed by atoms with E-state index in [1.807, 2.05) is 6.08 Å². The molecule has 2 rings (SSSR count). The molecule has 1 aromatic rings. The highest BCUT2D eigenvalue weighted by atomic mass is 15.2. The standard InChI is InChI=1S/C17H25N3/c1-3-12-19-16(18-4-2)20-14-17(10-11-17)13-15-8-6-5-7-9-15/h3,5-9H,1,4,10-14H2,2H3,(H2,18,19,20). The number of rotatable bonds is 7. The second kappa shape index (κ2) is 7.13. The number of hydrogen-bond acceptors (Lipinski definition) is 1. The zero-order chi connectivity index (χ0) is 14.3. The van der Waals surface area contributed by atoms with Crippen LogP contribution < -0.4 is 10.6 Å². The minimum absolute atomic E-state index is 0.387. The Kier molecular flexibility index (Phi) is 5.22. The van der Waals surface area contributed by atoms with Crippen LogP contribution in [0.3, 0.4) is 0 Å². The largest absolute Gasteiger partial charge is 0.357 e. The molecule has 108 valence electrons. The highest BCUT2D eigenvalue weighted by molar-refractivity contribution is 5.79. The Morgan fingerprint density at radius 1 is 1.30 bits per heavy atom. The lowest BCUT2D eigenvalue weighted by atomic mass is 9.97. The molecule has 0 heterocycles. The van der Waals surface area contributed by atoms with E-state index in [2.05, 4.69) is 54.5 Å². The van der Waals surface area contributed by atoms with Crippen molar-refractivity contribution in [3.63, 3.8) is 0 Å². The van der Waals surface area contributed by atoms with Gasteiger partial charge in [0.05, 0.1) is 0 Å². The molecular formula is C17H25N3. The summed E-state index contributed by atoms with van der Waals surface area (Å²) in [6.07, 6.45) is 5.56. The number of aliphatic imine (C=N–C) groups is 1. The minimum Gasteiger partial charge on any atom is -0.357 e. The van der Waals surface area contributed by atoms with Crippen LogP contribution in [0.5, 0.6) is 0 Å². The van der Waals surface area contributed by atoms with Crippen molar-refractivity contribution in [2.45, 2.75) is 26.2 Å². The zero-order valence-electron chi connectivity index (χ0n) is 12.4. The Balaban J connectivity index is 1.91. The molecule has 0 amide bonds. The van der Waals surface area contributed by atoms with Crippen molar-refractivity contribution in [3.8, 4) is 0 Å². The van der Waals surface area contributed by atoms with E-state index in [1.54, 1.807) is 0 Å². The highest BCUT2D eigenvalue weighted by Crippen LogP contribution is 2.48. The second-order valence-electron chi connectivity index (χ2n) is 5.53. The van der Waals surface area contributed by atoms with E-state index in [1.165, 1.54) is 18.4 Å². The topological polar surface area (TPSA) is 36.4 Å². The SMILES string of the molecule is C=CCNC(=NCC1(Cc2ccccc2)CC1)NCC. The molecule has 3 nitrogen and oxygen atoms in total. The Hall–Kier alpha value is -1.77. The van der Waals surface area contributed by atoms with Crippen LogP contribution in [-0.4, -0.2) is 25.6 Å². The first-order valence-electron chi connectivity index (χ1n) is 7.45. The van der Waals surface area contributed by atoms with Gasteiger partial charge in [0.1, 0.15) is 0 Å². The molecule has 0 bridgehead atoms. The number of hydrogen-bond donors (Lipinski definition) is 2. The van der Waals surface area contributed by atoms with Crippen LogP contribution in [0, 0.1) is 5.41 Å². The fourth-order valence-corrected chi connectivity index (χ4v) is 2.35. The molecule has 0 unspecified atom stereocenters. The smallest absolute Gasteiger partial charge is 0.191 e. The van der Waals surface area contributed by atoms with E-state index in [0.29, 0.717) is 5.41 Å². The van der Waals surface area contributed by atoms with Crippen LogP contribution in [-0.2, 0) is 6.42 Å². The van der Waals surface area contributed by atoms with Crippen LogP contribution in [0.2, 0.25) is 0 Å². The average Bonchev–Trinajstić information content (AvgIpc) is 3.23. The van der Waals surface area contributed by atoms with Gasteiger partial charge in [0.2, 0.25) is 0 Å². The summed E-state index contributed by atoms with van der Waals surface area (Å²) in [7, 11) is 0. The summed E-state index contributed by atoms with van der Waals surface area (Å²) in [5, 5.41) is 6.53. The van der Waals surface area contributed by atoms with Crippen LogP contribution in [0.4, 0.5) is 0 Å². The number of benzene rings is 1. The van der Waals surface area contributed by atoms with Crippen molar-refractivity contribution in [1.82, 2.24) is 10.6 Å². The van der Waals surface area contributed by atoms with Gasteiger partial charge in [-0.2, -0.15) is 0 Å². The van der Waals surface area contributed by atoms with Crippen LogP contribution in [0.15, 0.2) is 48.0 Å². The van der Waals surface area contributed by atoms with Crippen molar-refractivity contribution >= 4 is 5.96 Å². The quantitative estimate of drug-likeness (QED) is 0.454. The molecule has 2 N–H and O–H groups in total. The van der Waals surface area contributed by atoms with Crippen molar-refractivity contribution in [1.29, 1.82) is 0 Å². The van der Waals surface area contributed by atoms with E-state index in [-0.39, 0.29) is 0 Å². The first-order chi connectivity index (χ1) is 9.78. The van der Waals surface area contributed by atoms with Gasteiger partial charge < -0.3 is 10.6 Å². The zero-order valence-corrected chi connectivity index (χ0v) is 12.4. The third-order valence-corrected chi connectivity index (χ3v) is 3.71. The van der Waals surface area contributed by atoms with Crippen LogP contribution in [0.25, 0.3) is 0 Å². The monoisotopic (exact) mass is 271 g/mol. The van der Waals surface area contributed by atoms with Gasteiger partial charge in [0.25, 0.3) is 0 Å². The Bertz CT molecular complexity index is 447. The van der Waals surface area contributed by atoms with Gasteiger partial charge in [-0.1, -0.05) is 36.4 Å². The van der Waals surface area contributed by atoms with Crippen LogP contribution in [0.1, 0.15) is 25.3 Å². The maximum absolute atomic E-state index is 4.73. The lowest BCUT2D eigenvalue weighted by Crippen LogP contribution is -2.37. The molecule has 0 aromatic heterocycles. The lowest BCUT2D eigenvalue weighted by molar-refractivity contribution is 0.520. The molecular weight excluding hydrogens is 246 g/mol. The van der Waals surface area contributed by atoms with Crippen molar-refractivity contribution in [3.05, 3.63) is 48.6 Å². The van der Waals surface area contributed by atoms with E-state index >= 15 is 0 Å². The van der Waals surface area contributed by atoms with E-state index in [9.17, 15) is 0 Å². The summed E-state index contributed by atoms with van der Waals surface area (Å²) in [6.45, 7) is 8.34. The molecule has 0 spiro atoms. The molecule has 1 fully saturated rings. The molecule has 0 atom stereocenters. The van der Waals surface area contributed by atoms with Gasteiger partial charge >= 0.3 is 0 Å². The maximum Gasteiger partial charge on any atom is 0.191 e. The summed E-state index contributed by atoms with van der Waals surface area (Å²) in [5.41, 5.74) is 1.81. The molecule has 1 aliphatic carbocycles. The van der Waals surface area contributed by atoms with Gasteiger partial charge in [-0.25, -0.2) is 0 Å². The highest BCUT2D eigenvalue weighted by Gasteiger charge is 2.42. The summed E-state index contributed by atoms with van der Waals surface area (Å²) in [4.78, 5) is 4.73. The van der Waals surface area contributed by atoms with Gasteiger partial charge in [-0.15, -0.1) is 6.58 Å². The van der Waals surface area contributed by atoms with Gasteiger partial charge in [-0.3, -0.25) is 4.99 Å². The molecule has 0 saturated heterocycles. The van der Waals surface area contributed by atoms with Gasteiger partial charge in [-0.05, 0) is 37.2 Å². The first-order valence-corrected chi connectivity index (χ1v) is 7.45. The van der Waals surface area contributed by atoms with Crippen LogP contribution >= 0.6 is 0 Å². The Morgan fingerprint density at radius 2 is 2.05 bits per heavy atom. The fourth-order valence-electron chi connectivity index (χ4n) is 2.35. The normalized spacial score (nSPS) is 16.6. The predicted octanol–water partition coefficient (Wildman–Crippen LogP) is 2.75. The molecule has 20 heavy (non-hydrogen) atoms. The Morgan fingerprint density at radius 3 is 2.65 bits per heavy atom. The van der Waals surface area contributed by atoms with Crippen molar-refractivity contribution in [2.75, 3.05) is 19.6 Å². The minimum atomic E-state index is 0.387. The molecule has 1 aliphatic rings. The van der Waals surface area contributed by atoms with E-state index in [0.717, 1.165) is 32.0 Å². The van der Waals surface area contributed by atoms with Gasteiger partial charge in [0.15, 0.2) is 5.96 Å². The summed E-state index contributed by atoms with van der Waals surface area (Å²) >= 11 is 0.